The Hall–Kier alpha value is -1.96. The zero-order chi connectivity index (χ0) is 42.7. The molecule has 336 valence electrons. The lowest BCUT2D eigenvalue weighted by Crippen LogP contribution is -2.64. The predicted molar refractivity (Wildman–Crippen MR) is 230 cm³/mol. The van der Waals surface area contributed by atoms with Crippen LogP contribution in [0.15, 0.2) is 60.8 Å². The SMILES string of the molecule is CC/C=C\C/C=C\C/C=C\C/C=C\C/C=C\CC(=O)OC(COCCCCCCCCCCCCCCCCCC)COP(=O)(O)OC1C(O)C(O)C(O)C(O)C1O. The second-order valence-electron chi connectivity index (χ2n) is 15.2. The summed E-state index contributed by atoms with van der Waals surface area (Å²) in [6.45, 7) is 4.03. The molecule has 58 heavy (non-hydrogen) atoms. The maximum atomic E-state index is 12.8. The number of carbonyl (C=O) groups is 1. The van der Waals surface area contributed by atoms with Crippen molar-refractivity contribution >= 4 is 13.8 Å². The number of carbonyl (C=O) groups excluding carboxylic acids is 1. The van der Waals surface area contributed by atoms with Crippen molar-refractivity contribution in [1.82, 2.24) is 0 Å². The van der Waals surface area contributed by atoms with E-state index in [1.54, 1.807) is 6.08 Å². The quantitative estimate of drug-likeness (QED) is 0.0153. The monoisotopic (exact) mass is 843 g/mol. The summed E-state index contributed by atoms with van der Waals surface area (Å²) in [6.07, 6.45) is 31.8. The van der Waals surface area contributed by atoms with Gasteiger partial charge in [0.15, 0.2) is 0 Å². The molecule has 0 radical (unpaired) electrons. The highest BCUT2D eigenvalue weighted by Gasteiger charge is 2.51. The van der Waals surface area contributed by atoms with E-state index in [2.05, 4.69) is 50.3 Å². The average Bonchev–Trinajstić information content (AvgIpc) is 3.21. The zero-order valence-corrected chi connectivity index (χ0v) is 36.5. The van der Waals surface area contributed by atoms with Crippen molar-refractivity contribution in [2.75, 3.05) is 19.8 Å². The van der Waals surface area contributed by atoms with Gasteiger partial charge in [-0.15, -0.1) is 0 Å². The molecule has 0 aromatic rings. The number of phosphoric ester groups is 1. The van der Waals surface area contributed by atoms with Crippen LogP contribution in [-0.4, -0.2) is 98.9 Å². The second-order valence-corrected chi connectivity index (χ2v) is 16.6. The summed E-state index contributed by atoms with van der Waals surface area (Å²) < 4.78 is 34.0. The number of hydrogen-bond donors (Lipinski definition) is 6. The van der Waals surface area contributed by atoms with E-state index >= 15 is 0 Å². The molecule has 6 atom stereocenters. The average molecular weight is 843 g/mol. The van der Waals surface area contributed by atoms with Crippen LogP contribution in [0.4, 0.5) is 0 Å². The highest BCUT2D eigenvalue weighted by molar-refractivity contribution is 7.47. The number of phosphoric acid groups is 1. The first-order valence-corrected chi connectivity index (χ1v) is 23.6. The third kappa shape index (κ3) is 27.7. The number of hydrogen-bond acceptors (Lipinski definition) is 11. The Bertz CT molecular complexity index is 1190. The molecule has 12 nitrogen and oxygen atoms in total. The van der Waals surface area contributed by atoms with Gasteiger partial charge in [-0.05, 0) is 38.5 Å². The highest BCUT2D eigenvalue weighted by atomic mass is 31.2. The zero-order valence-electron chi connectivity index (χ0n) is 35.6. The summed E-state index contributed by atoms with van der Waals surface area (Å²) in [5, 5.41) is 50.1. The fourth-order valence-corrected chi connectivity index (χ4v) is 7.40. The van der Waals surface area contributed by atoms with Gasteiger partial charge < -0.3 is 39.9 Å². The Kier molecular flexibility index (Phi) is 33.3. The van der Waals surface area contributed by atoms with Crippen molar-refractivity contribution < 1.29 is 58.3 Å². The van der Waals surface area contributed by atoms with Gasteiger partial charge >= 0.3 is 13.8 Å². The molecular weight excluding hydrogens is 763 g/mol. The minimum atomic E-state index is -5.04. The third-order valence-corrected chi connectivity index (χ3v) is 10.9. The molecule has 0 aromatic heterocycles. The third-order valence-electron chi connectivity index (χ3n) is 9.94. The topological polar surface area (TPSA) is 192 Å². The normalized spacial score (nSPS) is 23.2. The second kappa shape index (κ2) is 35.8. The minimum absolute atomic E-state index is 0.0466. The number of ether oxygens (including phenoxy) is 2. The van der Waals surface area contributed by atoms with Crippen LogP contribution < -0.4 is 0 Å². The Balaban J connectivity index is 2.48. The molecule has 1 rings (SSSR count). The van der Waals surface area contributed by atoms with E-state index < -0.39 is 63.1 Å². The lowest BCUT2D eigenvalue weighted by Gasteiger charge is -2.41. The van der Waals surface area contributed by atoms with Gasteiger partial charge in [-0.1, -0.05) is 171 Å². The van der Waals surface area contributed by atoms with Crippen LogP contribution in [0.5, 0.6) is 0 Å². The molecule has 6 unspecified atom stereocenters. The molecule has 1 fully saturated rings. The number of aliphatic hydroxyl groups excluding tert-OH is 5. The Morgan fingerprint density at radius 1 is 0.552 bits per heavy atom. The van der Waals surface area contributed by atoms with E-state index in [4.69, 9.17) is 18.5 Å². The van der Waals surface area contributed by atoms with Gasteiger partial charge in [0.1, 0.15) is 42.7 Å². The summed E-state index contributed by atoms with van der Waals surface area (Å²) >= 11 is 0. The van der Waals surface area contributed by atoms with Crippen molar-refractivity contribution in [3.05, 3.63) is 60.8 Å². The van der Waals surface area contributed by atoms with E-state index in [1.807, 2.05) is 18.2 Å². The van der Waals surface area contributed by atoms with E-state index in [9.17, 15) is 39.8 Å². The highest BCUT2D eigenvalue weighted by Crippen LogP contribution is 2.47. The summed E-state index contributed by atoms with van der Waals surface area (Å²) in [6, 6.07) is 0. The number of allylic oxidation sites excluding steroid dienone is 9. The van der Waals surface area contributed by atoms with Gasteiger partial charge in [-0.2, -0.15) is 0 Å². The summed E-state index contributed by atoms with van der Waals surface area (Å²) in [4.78, 5) is 23.0. The van der Waals surface area contributed by atoms with E-state index in [1.165, 1.54) is 83.5 Å². The van der Waals surface area contributed by atoms with Gasteiger partial charge in [0, 0.05) is 6.61 Å². The molecule has 0 spiro atoms. The van der Waals surface area contributed by atoms with Crippen LogP contribution in [0, 0.1) is 0 Å². The molecule has 1 aliphatic rings. The number of unbranched alkanes of at least 4 members (excludes halogenated alkanes) is 15. The molecule has 0 aliphatic heterocycles. The smallest absolute Gasteiger partial charge is 0.457 e. The summed E-state index contributed by atoms with van der Waals surface area (Å²) in [5.41, 5.74) is 0. The van der Waals surface area contributed by atoms with Crippen LogP contribution in [0.2, 0.25) is 0 Å². The van der Waals surface area contributed by atoms with Crippen LogP contribution in [0.25, 0.3) is 0 Å². The number of aliphatic hydroxyl groups is 5. The molecule has 0 amide bonds. The molecule has 0 saturated heterocycles. The largest absolute Gasteiger partial charge is 0.472 e. The van der Waals surface area contributed by atoms with Crippen LogP contribution in [0.1, 0.15) is 155 Å². The van der Waals surface area contributed by atoms with Gasteiger partial charge in [0.2, 0.25) is 0 Å². The summed E-state index contributed by atoms with van der Waals surface area (Å²) in [5.74, 6) is -0.604. The predicted octanol–water partition coefficient (Wildman–Crippen LogP) is 8.64. The first-order chi connectivity index (χ1) is 28.0. The van der Waals surface area contributed by atoms with Crippen molar-refractivity contribution in [2.24, 2.45) is 0 Å². The lowest BCUT2D eigenvalue weighted by atomic mass is 9.85. The fraction of sp³-hybridized carbons (Fsp3) is 0.756. The molecule has 13 heteroatoms. The minimum Gasteiger partial charge on any atom is -0.457 e. The molecule has 0 heterocycles. The Morgan fingerprint density at radius 2 is 0.948 bits per heavy atom. The van der Waals surface area contributed by atoms with Crippen LogP contribution in [0.3, 0.4) is 0 Å². The molecule has 1 aliphatic carbocycles. The van der Waals surface area contributed by atoms with E-state index in [0.717, 1.165) is 44.9 Å². The van der Waals surface area contributed by atoms with Gasteiger partial charge in [0.05, 0.1) is 19.6 Å². The molecule has 1 saturated carbocycles. The molecular formula is C45H79O12P. The van der Waals surface area contributed by atoms with Gasteiger partial charge in [0.25, 0.3) is 0 Å². The Labute approximate surface area is 349 Å². The van der Waals surface area contributed by atoms with Crippen molar-refractivity contribution in [1.29, 1.82) is 0 Å². The van der Waals surface area contributed by atoms with Crippen molar-refractivity contribution in [3.8, 4) is 0 Å². The van der Waals surface area contributed by atoms with E-state index in [0.29, 0.717) is 13.0 Å². The fourth-order valence-electron chi connectivity index (χ4n) is 6.43. The summed E-state index contributed by atoms with van der Waals surface area (Å²) in [7, 11) is -5.04. The van der Waals surface area contributed by atoms with Gasteiger partial charge in [-0.3, -0.25) is 13.8 Å². The first kappa shape index (κ1) is 54.1. The standard InChI is InChI=1S/C45H79O12P/c1-3-5-7-9-11-13-15-17-19-21-23-25-27-29-31-33-35-54-36-38(37-55-58(52,53)57-45-43(50)41(48)40(47)42(49)44(45)51)56-39(46)34-32-30-28-26-24-22-20-18-16-14-12-10-8-6-4-2/h6,8,12,14,18,20,24,26,30,32,38,40-45,47-51H,3-5,7,9-11,13,15-17,19,21-23,25,27-29,31,33-37H2,1-2H3,(H,52,53)/b8-6-,14-12-,20-18-,26-24-,32-30-. The van der Waals surface area contributed by atoms with E-state index in [-0.39, 0.29) is 13.0 Å². The number of esters is 1. The maximum absolute atomic E-state index is 12.8. The first-order valence-electron chi connectivity index (χ1n) is 22.1. The lowest BCUT2D eigenvalue weighted by molar-refractivity contribution is -0.220. The van der Waals surface area contributed by atoms with Crippen LogP contribution >= 0.6 is 7.82 Å². The van der Waals surface area contributed by atoms with Gasteiger partial charge in [-0.25, -0.2) is 4.57 Å². The maximum Gasteiger partial charge on any atom is 0.472 e. The Morgan fingerprint density at radius 3 is 1.40 bits per heavy atom. The molecule has 6 N–H and O–H groups in total. The van der Waals surface area contributed by atoms with Crippen LogP contribution in [-0.2, 0) is 27.9 Å². The number of rotatable bonds is 36. The molecule has 0 aromatic carbocycles. The van der Waals surface area contributed by atoms with Crippen molar-refractivity contribution in [3.63, 3.8) is 0 Å². The molecule has 0 bridgehead atoms. The van der Waals surface area contributed by atoms with Crippen molar-refractivity contribution in [2.45, 2.75) is 198 Å².